The van der Waals surface area contributed by atoms with Crippen LogP contribution in [0.5, 0.6) is 0 Å². The van der Waals surface area contributed by atoms with Gasteiger partial charge in [-0.25, -0.2) is 77.2 Å². The third kappa shape index (κ3) is 24.2. The Morgan fingerprint density at radius 1 is 0.481 bits per heavy atom. The van der Waals surface area contributed by atoms with Crippen LogP contribution in [-0.2, 0) is 58.1 Å². The highest BCUT2D eigenvalue weighted by Crippen LogP contribution is 2.74. The first-order valence-corrected chi connectivity index (χ1v) is 40.9. The lowest BCUT2D eigenvalue weighted by atomic mass is 9.34. The number of rotatable bonds is 21. The Hall–Kier alpha value is -13.7. The number of aromatic nitrogens is 20. The number of amides is 4. The number of nitriles is 1. The van der Waals surface area contributed by atoms with E-state index in [4.69, 9.17) is 75.6 Å². The Bertz CT molecular complexity index is 6090. The molecule has 12 aromatic rings. The number of carboxylic acids is 2. The zero-order chi connectivity index (χ0) is 94.3. The number of anilines is 4. The third-order valence-corrected chi connectivity index (χ3v) is 21.6. The normalized spacial score (nSPS) is 14.7. The summed E-state index contributed by atoms with van der Waals surface area (Å²) in [6, 6.07) is 27.6. The number of carboxylic acid groups (broad SMARTS) is 2. The SMILES string of the molecule is COC(=O)c1ccc(Br)nc1C(F)(F)F.C[C@@H](OC(=O)Nc1c(Br)nnn1C)c1cccnc1Cl.Cc1nc(-c2nnn(C)c2NC(=O)O[C@H](C)c2cccnc2Cl)ccc1C(=O)CC12CC(C#N)(C1)C2.Cc1nc(-c2nnn(C)c2NC(=O)O[C@H](C)c2cccnc2Cl)ccc1C(=O)O.Cc1nc(-c2nnn(C)c2NC(=O)O[C@H](C)c2cccnc2Cl)ccc1C(=O)O. The van der Waals surface area contributed by atoms with Crippen molar-refractivity contribution in [1.29, 1.82) is 5.26 Å². The van der Waals surface area contributed by atoms with Crippen molar-refractivity contribution < 1.29 is 85.4 Å². The highest BCUT2D eigenvalue weighted by molar-refractivity contribution is 9.10. The summed E-state index contributed by atoms with van der Waals surface area (Å²) >= 11 is 30.1. The molecule has 2 bridgehead atoms. The fourth-order valence-corrected chi connectivity index (χ4v) is 15.0. The molecular formula is C80H74Br2Cl4F3N25O15. The summed E-state index contributed by atoms with van der Waals surface area (Å²) in [5.74, 6) is -2.00. The third-order valence-electron chi connectivity index (χ3n) is 19.4. The minimum absolute atomic E-state index is 0.00229. The van der Waals surface area contributed by atoms with Crippen LogP contribution in [-0.4, -0.2) is 165 Å². The number of alkyl halides is 3. The van der Waals surface area contributed by atoms with Crippen molar-refractivity contribution in [1.82, 2.24) is 99.8 Å². The number of nitrogens with one attached hydrogen (secondary N) is 4. The number of halogens is 9. The molecule has 0 saturated heterocycles. The number of esters is 1. The molecule has 6 N–H and O–H groups in total. The van der Waals surface area contributed by atoms with Crippen LogP contribution < -0.4 is 21.3 Å². The van der Waals surface area contributed by atoms with Crippen LogP contribution in [0.1, 0.15) is 164 Å². The van der Waals surface area contributed by atoms with Gasteiger partial charge in [-0.3, -0.25) is 41.0 Å². The molecular weight excluding hydrogens is 1910 g/mol. The van der Waals surface area contributed by atoms with E-state index in [9.17, 15) is 56.8 Å². The Kier molecular flexibility index (Phi) is 32.0. The van der Waals surface area contributed by atoms with Gasteiger partial charge in [0.15, 0.2) is 56.4 Å². The number of ketones is 1. The second-order valence-corrected chi connectivity index (χ2v) is 31.4. The highest BCUT2D eigenvalue weighted by atomic mass is 79.9. The second kappa shape index (κ2) is 42.3. The maximum Gasteiger partial charge on any atom is 0.434 e. The first-order chi connectivity index (χ1) is 61.0. The number of ether oxygens (including phenoxy) is 5. The molecule has 0 radical (unpaired) electrons. The smallest absolute Gasteiger partial charge is 0.434 e. The van der Waals surface area contributed by atoms with E-state index in [0.29, 0.717) is 95.5 Å². The second-order valence-electron chi connectivity index (χ2n) is 28.4. The number of carbonyl (C=O) groups excluding carboxylic acids is 6. The first kappa shape index (κ1) is 97.5. The van der Waals surface area contributed by atoms with Gasteiger partial charge < -0.3 is 33.9 Å². The number of nitrogens with zero attached hydrogens (tertiary/aromatic N) is 21. The van der Waals surface area contributed by atoms with Crippen LogP contribution in [0, 0.1) is 42.9 Å². The van der Waals surface area contributed by atoms with E-state index in [-0.39, 0.29) is 70.8 Å². The van der Waals surface area contributed by atoms with Crippen molar-refractivity contribution in [2.24, 2.45) is 39.0 Å². The van der Waals surface area contributed by atoms with E-state index < -0.39 is 84.1 Å². The van der Waals surface area contributed by atoms with Crippen LogP contribution in [0.2, 0.25) is 20.6 Å². The van der Waals surface area contributed by atoms with Gasteiger partial charge in [0, 0.05) is 92.9 Å². The minimum atomic E-state index is -4.69. The van der Waals surface area contributed by atoms with Crippen molar-refractivity contribution in [2.75, 3.05) is 28.4 Å². The largest absolute Gasteiger partial charge is 0.478 e. The maximum atomic E-state index is 13.0. The van der Waals surface area contributed by atoms with Crippen LogP contribution in [0.25, 0.3) is 34.2 Å². The number of hydrogen-bond donors (Lipinski definition) is 6. The number of aryl methyl sites for hydroxylation is 7. The summed E-state index contributed by atoms with van der Waals surface area (Å²) in [4.78, 5) is 128. The first-order valence-electron chi connectivity index (χ1n) is 37.8. The molecule has 3 fully saturated rings. The molecule has 129 heavy (non-hydrogen) atoms. The number of aromatic carboxylic acids is 2. The van der Waals surface area contributed by atoms with Gasteiger partial charge in [-0.15, -0.1) is 20.4 Å². The standard InChI is InChI=1S/C25H24ClN7O3.2C18H17ClN6O4.C11H11BrClN5O2.C8H5BrF3NO2/c1-14-16(19(34)9-24-10-25(11-24,12-24)13-27)6-7-18(29-14)20-22(33(3)32-31-20)30-23(35)36-15(2)17-5-4-8-28-21(17)26;2*1-9-11(17(26)27)6-7-13(21-9)14-16(25(3)24-23-14)22-18(28)29-10(2)12-5-4-8-20-15(12)19;1-6(7-4-3-5-14-9(7)13)20-11(19)15-10-8(12)16-17-18(10)2;1-15-7(14)4-2-3-5(9)13-6(4)8(10,11)12/h4-8,15H,9-12H2,1-3H3,(H,30,35);2*4-8,10H,1-3H3,(H,22,28)(H,26,27);3-6H,1-2H3,(H,15,19);2-3H,1H3/t15-,24?,25?;2*10-;6-;/m1111./s1. The maximum absolute atomic E-state index is 13.0. The van der Waals surface area contributed by atoms with E-state index >= 15 is 0 Å². The topological polar surface area (TPSA) is 521 Å². The molecule has 0 aromatic carbocycles. The Balaban J connectivity index is 0.000000172. The van der Waals surface area contributed by atoms with E-state index in [1.54, 1.807) is 150 Å². The van der Waals surface area contributed by atoms with Crippen molar-refractivity contribution in [3.8, 4) is 40.2 Å². The van der Waals surface area contributed by atoms with E-state index in [2.05, 4.69) is 145 Å². The molecule has 0 aliphatic heterocycles. The van der Waals surface area contributed by atoms with Gasteiger partial charge >= 0.3 is 48.5 Å². The Labute approximate surface area is 766 Å². The van der Waals surface area contributed by atoms with Gasteiger partial charge in [0.1, 0.15) is 49.6 Å². The number of hydrogen-bond acceptors (Lipinski definition) is 30. The molecule has 15 rings (SSSR count). The summed E-state index contributed by atoms with van der Waals surface area (Å²) < 4.78 is 68.9. The van der Waals surface area contributed by atoms with Gasteiger partial charge in [0.05, 0.1) is 63.8 Å². The zero-order valence-corrected chi connectivity index (χ0v) is 75.9. The predicted molar refractivity (Wildman–Crippen MR) is 462 cm³/mol. The molecule has 672 valence electrons. The van der Waals surface area contributed by atoms with Crippen molar-refractivity contribution in [2.45, 2.75) is 105 Å². The quantitative estimate of drug-likeness (QED) is 0.0168. The molecule has 0 spiro atoms. The number of carbonyl (C=O) groups is 8. The Morgan fingerprint density at radius 3 is 1.08 bits per heavy atom. The summed E-state index contributed by atoms with van der Waals surface area (Å²) in [6.45, 7) is 11.7. The molecule has 12 aromatic heterocycles. The van der Waals surface area contributed by atoms with E-state index in [0.717, 1.165) is 32.4 Å². The summed E-state index contributed by atoms with van der Waals surface area (Å²) in [6.07, 6.45) is -0.927. The molecule has 3 saturated carbocycles. The van der Waals surface area contributed by atoms with Gasteiger partial charge in [-0.05, 0) is 178 Å². The van der Waals surface area contributed by atoms with E-state index in [1.807, 2.05) is 0 Å². The predicted octanol–water partition coefficient (Wildman–Crippen LogP) is 16.9. The lowest BCUT2D eigenvalue weighted by Gasteiger charge is -2.67. The van der Waals surface area contributed by atoms with Crippen LogP contribution in [0.4, 0.5) is 55.6 Å². The Morgan fingerprint density at radius 2 is 0.791 bits per heavy atom. The zero-order valence-electron chi connectivity index (χ0n) is 69.7. The summed E-state index contributed by atoms with van der Waals surface area (Å²) in [7, 11) is 7.47. The average Bonchev–Trinajstić information content (AvgIpc) is 1.11. The molecule has 0 unspecified atom stereocenters. The fourth-order valence-electron chi connectivity index (χ4n) is 13.2. The van der Waals surface area contributed by atoms with Gasteiger partial charge in [0.2, 0.25) is 0 Å². The van der Waals surface area contributed by atoms with Gasteiger partial charge in [-0.1, -0.05) is 91.5 Å². The molecule has 49 heteroatoms. The lowest BCUT2D eigenvalue weighted by molar-refractivity contribution is -0.159. The molecule has 3 aliphatic rings. The van der Waals surface area contributed by atoms with Crippen molar-refractivity contribution in [3.05, 3.63) is 219 Å². The van der Waals surface area contributed by atoms with Crippen LogP contribution >= 0.6 is 78.3 Å². The van der Waals surface area contributed by atoms with E-state index in [1.165, 1.54) is 61.5 Å². The molecule has 40 nitrogen and oxygen atoms in total. The fraction of sp³-hybridized carbons (Fsp3) is 0.287. The summed E-state index contributed by atoms with van der Waals surface area (Å²) in [5.41, 5.74) is 4.25. The van der Waals surface area contributed by atoms with Gasteiger partial charge in [-0.2, -0.15) is 18.4 Å². The lowest BCUT2D eigenvalue weighted by Crippen LogP contribution is -2.61. The highest BCUT2D eigenvalue weighted by Gasteiger charge is 2.68. The molecule has 3 aliphatic carbocycles. The van der Waals surface area contributed by atoms with Crippen molar-refractivity contribution >= 4 is 150 Å². The minimum Gasteiger partial charge on any atom is -0.478 e. The summed E-state index contributed by atoms with van der Waals surface area (Å²) in [5, 5.41) is 70.4. The monoisotopic (exact) mass is 1980 g/mol. The average molecular weight is 1980 g/mol. The molecule has 4 amide bonds. The number of methoxy groups -OCH3 is 1. The molecule has 4 atom stereocenters. The van der Waals surface area contributed by atoms with Crippen LogP contribution in [0.3, 0.4) is 0 Å². The number of Topliss-reactive ketones (excluding diaryl/α,β-unsaturated/α-hetero) is 1. The van der Waals surface area contributed by atoms with Gasteiger partial charge in [0.25, 0.3) is 0 Å². The molecule has 12 heterocycles. The van der Waals surface area contributed by atoms with Crippen LogP contribution in [0.15, 0.2) is 131 Å². The number of pyridine rings is 8. The van der Waals surface area contributed by atoms with Crippen molar-refractivity contribution in [3.63, 3.8) is 0 Å².